The Hall–Kier alpha value is -3.46. The topological polar surface area (TPSA) is 39.4 Å². The van der Waals surface area contributed by atoms with Gasteiger partial charge in [0.25, 0.3) is 0 Å². The van der Waals surface area contributed by atoms with Crippen molar-refractivity contribution in [3.63, 3.8) is 0 Å². The lowest BCUT2D eigenvalue weighted by molar-refractivity contribution is 0.658. The van der Waals surface area contributed by atoms with Crippen LogP contribution in [0.25, 0.3) is 65.8 Å². The lowest BCUT2D eigenvalue weighted by Crippen LogP contribution is -1.75. The van der Waals surface area contributed by atoms with Crippen molar-refractivity contribution in [3.8, 4) is 0 Å². The number of furan rings is 2. The molecule has 4 aromatic carbocycles. The summed E-state index contributed by atoms with van der Waals surface area (Å²) < 4.78 is 18.7. The first-order valence-electron chi connectivity index (χ1n) is 8.28. The van der Waals surface area contributed by atoms with Crippen LogP contribution in [-0.4, -0.2) is 0 Å². The van der Waals surface area contributed by atoms with Gasteiger partial charge in [-0.2, -0.15) is 0 Å². The predicted octanol–water partition coefficient (Wildman–Crippen LogP) is 6.82. The molecule has 0 aliphatic rings. The molecule has 7 aromatic rings. The second-order valence-corrected chi connectivity index (χ2v) is 6.55. The van der Waals surface area contributed by atoms with Crippen LogP contribution in [0.5, 0.6) is 0 Å². The molecular formula is C22H10O3. The quantitative estimate of drug-likeness (QED) is 0.307. The van der Waals surface area contributed by atoms with E-state index in [4.69, 9.17) is 13.3 Å². The number of rotatable bonds is 0. The summed E-state index contributed by atoms with van der Waals surface area (Å²) >= 11 is 0. The smallest absolute Gasteiger partial charge is 0.147 e. The summed E-state index contributed by atoms with van der Waals surface area (Å²) in [5, 5.41) is 6.41. The number of benzene rings is 4. The molecule has 0 aliphatic carbocycles. The van der Waals surface area contributed by atoms with Gasteiger partial charge in [-0.15, -0.1) is 0 Å². The maximum absolute atomic E-state index is 6.47. The van der Waals surface area contributed by atoms with Crippen LogP contribution in [-0.2, 0) is 0 Å². The van der Waals surface area contributed by atoms with Crippen molar-refractivity contribution in [1.29, 1.82) is 0 Å². The number of fused-ring (bicyclic) bond motifs is 2. The highest BCUT2D eigenvalue weighted by molar-refractivity contribution is 6.33. The molecule has 0 bridgehead atoms. The summed E-state index contributed by atoms with van der Waals surface area (Å²) in [6, 6.07) is 20.3. The maximum atomic E-state index is 6.47. The Kier molecular flexibility index (Phi) is 1.81. The van der Waals surface area contributed by atoms with Crippen LogP contribution >= 0.6 is 0 Å². The molecule has 3 nitrogen and oxygen atoms in total. The largest absolute Gasteiger partial charge is 0.456 e. The average molecular weight is 322 g/mol. The first-order valence-corrected chi connectivity index (χ1v) is 8.28. The van der Waals surface area contributed by atoms with Crippen LogP contribution in [0.4, 0.5) is 0 Å². The third-order valence-electron chi connectivity index (χ3n) is 5.23. The van der Waals surface area contributed by atoms with Gasteiger partial charge in [-0.05, 0) is 35.7 Å². The van der Waals surface area contributed by atoms with Crippen molar-refractivity contribution in [2.24, 2.45) is 0 Å². The van der Waals surface area contributed by atoms with Gasteiger partial charge in [-0.1, -0.05) is 30.3 Å². The molecule has 0 radical (unpaired) electrons. The van der Waals surface area contributed by atoms with E-state index in [9.17, 15) is 0 Å². The molecule has 0 atom stereocenters. The lowest BCUT2D eigenvalue weighted by atomic mass is 10.0. The van der Waals surface area contributed by atoms with Crippen molar-refractivity contribution in [2.75, 3.05) is 0 Å². The third-order valence-corrected chi connectivity index (χ3v) is 5.23. The zero-order valence-corrected chi connectivity index (χ0v) is 13.0. The van der Waals surface area contributed by atoms with Gasteiger partial charge in [0, 0.05) is 16.2 Å². The van der Waals surface area contributed by atoms with Crippen LogP contribution in [0.2, 0.25) is 0 Å². The minimum absolute atomic E-state index is 0.831. The molecule has 0 unspecified atom stereocenters. The highest BCUT2D eigenvalue weighted by atomic mass is 16.4. The molecule has 116 valence electrons. The zero-order chi connectivity index (χ0) is 16.1. The summed E-state index contributed by atoms with van der Waals surface area (Å²) in [5.74, 6) is 0. The van der Waals surface area contributed by atoms with Crippen LogP contribution in [0.1, 0.15) is 0 Å². The Labute approximate surface area is 140 Å². The highest BCUT2D eigenvalue weighted by Crippen LogP contribution is 2.46. The third kappa shape index (κ3) is 1.27. The molecule has 7 rings (SSSR count). The SMILES string of the molecule is c1ccc2c(c1)cc1oc3ccc4oc5cccc6oc2c1c3c4c56. The van der Waals surface area contributed by atoms with Gasteiger partial charge in [0.1, 0.15) is 33.5 Å². The normalized spacial score (nSPS) is 12.8. The van der Waals surface area contributed by atoms with Crippen molar-refractivity contribution in [3.05, 3.63) is 60.7 Å². The molecule has 25 heavy (non-hydrogen) atoms. The van der Waals surface area contributed by atoms with Gasteiger partial charge in [-0.3, -0.25) is 0 Å². The standard InChI is InChI=1S/C22H10O3/c1-2-5-12-11(4-1)10-17-21-20-16(24-17)9-8-15-19(20)18-13(23-15)6-3-7-14(18)25-22(12)21/h1-10H. The van der Waals surface area contributed by atoms with E-state index in [2.05, 4.69) is 18.2 Å². The molecule has 0 spiro atoms. The first kappa shape index (κ1) is 12.0. The van der Waals surface area contributed by atoms with Gasteiger partial charge >= 0.3 is 0 Å². The van der Waals surface area contributed by atoms with Crippen LogP contribution < -0.4 is 0 Å². The van der Waals surface area contributed by atoms with Crippen molar-refractivity contribution < 1.29 is 13.3 Å². The Morgan fingerprint density at radius 3 is 2.04 bits per heavy atom. The van der Waals surface area contributed by atoms with E-state index < -0.39 is 0 Å². The minimum atomic E-state index is 0.831. The molecule has 3 aromatic heterocycles. The molecule has 0 N–H and O–H groups in total. The summed E-state index contributed by atoms with van der Waals surface area (Å²) in [4.78, 5) is 0. The lowest BCUT2D eigenvalue weighted by Gasteiger charge is -2.00. The summed E-state index contributed by atoms with van der Waals surface area (Å²) in [6.07, 6.45) is 0. The Morgan fingerprint density at radius 1 is 0.480 bits per heavy atom. The first-order chi connectivity index (χ1) is 12.4. The van der Waals surface area contributed by atoms with Gasteiger partial charge in [0.2, 0.25) is 0 Å². The molecule has 0 aliphatic heterocycles. The number of hydrogen-bond donors (Lipinski definition) is 0. The summed E-state index contributed by atoms with van der Waals surface area (Å²) in [6.45, 7) is 0. The summed E-state index contributed by atoms with van der Waals surface area (Å²) in [5.41, 5.74) is 5.11. The fourth-order valence-corrected chi connectivity index (χ4v) is 4.22. The second kappa shape index (κ2) is 3.78. The fourth-order valence-electron chi connectivity index (χ4n) is 4.22. The molecule has 0 saturated heterocycles. The molecule has 0 fully saturated rings. The molecule has 0 amide bonds. The maximum Gasteiger partial charge on any atom is 0.147 e. The van der Waals surface area contributed by atoms with Gasteiger partial charge in [0.05, 0.1) is 10.8 Å². The van der Waals surface area contributed by atoms with Crippen molar-refractivity contribution in [1.82, 2.24) is 0 Å². The van der Waals surface area contributed by atoms with Crippen molar-refractivity contribution in [2.45, 2.75) is 0 Å². The zero-order valence-electron chi connectivity index (χ0n) is 13.0. The van der Waals surface area contributed by atoms with E-state index in [-0.39, 0.29) is 0 Å². The Morgan fingerprint density at radius 2 is 1.16 bits per heavy atom. The van der Waals surface area contributed by atoms with E-state index in [1.807, 2.05) is 42.5 Å². The Bertz CT molecular complexity index is 1590. The highest BCUT2D eigenvalue weighted by Gasteiger charge is 2.22. The Balaban J connectivity index is 2.02. The molecule has 0 saturated carbocycles. The average Bonchev–Trinajstić information content (AvgIpc) is 3.13. The van der Waals surface area contributed by atoms with E-state index in [0.717, 1.165) is 65.8 Å². The van der Waals surface area contributed by atoms with E-state index in [1.54, 1.807) is 0 Å². The second-order valence-electron chi connectivity index (χ2n) is 6.55. The molecular weight excluding hydrogens is 312 g/mol. The summed E-state index contributed by atoms with van der Waals surface area (Å²) in [7, 11) is 0. The van der Waals surface area contributed by atoms with Gasteiger partial charge < -0.3 is 13.3 Å². The van der Waals surface area contributed by atoms with Crippen LogP contribution in [0, 0.1) is 0 Å². The predicted molar refractivity (Wildman–Crippen MR) is 99.5 cm³/mol. The molecule has 3 heteroatoms. The fraction of sp³-hybridized carbons (Fsp3) is 0. The van der Waals surface area contributed by atoms with Crippen LogP contribution in [0.3, 0.4) is 0 Å². The van der Waals surface area contributed by atoms with Crippen molar-refractivity contribution >= 4 is 65.8 Å². The van der Waals surface area contributed by atoms with Gasteiger partial charge in [-0.25, -0.2) is 0 Å². The molecule has 3 heterocycles. The van der Waals surface area contributed by atoms with E-state index in [0.29, 0.717) is 0 Å². The van der Waals surface area contributed by atoms with Gasteiger partial charge in [0.15, 0.2) is 0 Å². The minimum Gasteiger partial charge on any atom is -0.456 e. The van der Waals surface area contributed by atoms with E-state index in [1.165, 1.54) is 0 Å². The van der Waals surface area contributed by atoms with Crippen LogP contribution in [0.15, 0.2) is 73.9 Å². The number of hydrogen-bond acceptors (Lipinski definition) is 3. The monoisotopic (exact) mass is 322 g/mol. The van der Waals surface area contributed by atoms with E-state index >= 15 is 0 Å².